The number of aromatic nitrogens is 1. The van der Waals surface area contributed by atoms with Crippen molar-refractivity contribution in [3.8, 4) is 0 Å². The first-order valence-corrected chi connectivity index (χ1v) is 5.64. The van der Waals surface area contributed by atoms with Gasteiger partial charge in [-0.3, -0.25) is 0 Å². The van der Waals surface area contributed by atoms with Crippen LogP contribution in [0.15, 0.2) is 30.3 Å². The Morgan fingerprint density at radius 2 is 2.12 bits per heavy atom. The summed E-state index contributed by atoms with van der Waals surface area (Å²) in [5.41, 5.74) is 2.46. The zero-order valence-corrected chi connectivity index (χ0v) is 9.42. The molecule has 2 N–H and O–H groups in total. The van der Waals surface area contributed by atoms with Crippen LogP contribution in [0.4, 0.5) is 0 Å². The van der Waals surface area contributed by atoms with E-state index in [1.165, 1.54) is 16.6 Å². The van der Waals surface area contributed by atoms with E-state index < -0.39 is 0 Å². The number of nitrogens with one attached hydrogen (secondary N) is 2. The number of rotatable bonds is 3. The third kappa shape index (κ3) is 1.52. The minimum absolute atomic E-state index is 0.000869. The summed E-state index contributed by atoms with van der Waals surface area (Å²) in [5, 5.41) is 4.54. The fraction of sp³-hybridized carbons (Fsp3) is 0.385. The Bertz CT molecular complexity index is 461. The first-order valence-electron chi connectivity index (χ1n) is 5.64. The number of aromatic amines is 1. The number of para-hydroxylation sites is 1. The van der Waals surface area contributed by atoms with Crippen LogP contribution >= 0.6 is 0 Å². The van der Waals surface area contributed by atoms with E-state index in [9.17, 15) is 0 Å². The molecular weight excluding hydrogens is 200 g/mol. The quantitative estimate of drug-likeness (QED) is 0.819. The van der Waals surface area contributed by atoms with E-state index in [0.717, 1.165) is 19.5 Å². The van der Waals surface area contributed by atoms with Gasteiger partial charge in [0.15, 0.2) is 0 Å². The van der Waals surface area contributed by atoms with Gasteiger partial charge in [-0.15, -0.1) is 0 Å². The normalized spacial score (nSPS) is 18.6. The van der Waals surface area contributed by atoms with Crippen molar-refractivity contribution < 1.29 is 4.74 Å². The molecule has 2 heterocycles. The molecule has 0 bridgehead atoms. The summed E-state index contributed by atoms with van der Waals surface area (Å²) < 4.78 is 5.59. The van der Waals surface area contributed by atoms with Crippen molar-refractivity contribution in [1.29, 1.82) is 0 Å². The average molecular weight is 216 g/mol. The molecule has 3 heteroatoms. The maximum Gasteiger partial charge on any atom is 0.0980 e. The monoisotopic (exact) mass is 216 g/mol. The molecule has 1 aliphatic rings. The highest BCUT2D eigenvalue weighted by atomic mass is 16.5. The number of H-pyrrole nitrogens is 1. The van der Waals surface area contributed by atoms with Crippen molar-refractivity contribution >= 4 is 10.9 Å². The molecule has 16 heavy (non-hydrogen) atoms. The molecule has 3 rings (SSSR count). The molecule has 0 spiro atoms. The van der Waals surface area contributed by atoms with Crippen molar-refractivity contribution in [1.82, 2.24) is 10.3 Å². The second-order valence-corrected chi connectivity index (χ2v) is 4.55. The summed E-state index contributed by atoms with van der Waals surface area (Å²) in [4.78, 5) is 3.45. The van der Waals surface area contributed by atoms with Crippen LogP contribution in [0.5, 0.6) is 0 Å². The van der Waals surface area contributed by atoms with Crippen molar-refractivity contribution in [3.63, 3.8) is 0 Å². The average Bonchev–Trinajstić information content (AvgIpc) is 2.65. The van der Waals surface area contributed by atoms with E-state index in [1.807, 2.05) is 0 Å². The van der Waals surface area contributed by atoms with Gasteiger partial charge in [0.05, 0.1) is 5.60 Å². The second kappa shape index (κ2) is 3.61. The molecule has 2 aromatic rings. The van der Waals surface area contributed by atoms with E-state index in [2.05, 4.69) is 40.6 Å². The lowest BCUT2D eigenvalue weighted by Crippen LogP contribution is -2.61. The van der Waals surface area contributed by atoms with Gasteiger partial charge in [0.1, 0.15) is 0 Å². The predicted molar refractivity (Wildman–Crippen MR) is 64.6 cm³/mol. The van der Waals surface area contributed by atoms with E-state index in [1.54, 1.807) is 7.11 Å². The Hall–Kier alpha value is -1.32. The molecular formula is C13H16N2O. The molecule has 1 fully saturated rings. The van der Waals surface area contributed by atoms with Crippen molar-refractivity contribution in [2.75, 3.05) is 20.2 Å². The molecule has 0 unspecified atom stereocenters. The van der Waals surface area contributed by atoms with Gasteiger partial charge in [0, 0.05) is 37.8 Å². The zero-order valence-electron chi connectivity index (χ0n) is 9.42. The maximum atomic E-state index is 5.59. The largest absolute Gasteiger partial charge is 0.375 e. The lowest BCUT2D eigenvalue weighted by atomic mass is 9.91. The van der Waals surface area contributed by atoms with Crippen LogP contribution in [0, 0.1) is 0 Å². The molecule has 0 amide bonds. The highest BCUT2D eigenvalue weighted by Gasteiger charge is 2.37. The first kappa shape index (κ1) is 9.87. The van der Waals surface area contributed by atoms with Crippen LogP contribution in [-0.2, 0) is 11.2 Å². The minimum atomic E-state index is 0.000869. The first-order chi connectivity index (χ1) is 7.81. The summed E-state index contributed by atoms with van der Waals surface area (Å²) in [6, 6.07) is 10.6. The second-order valence-electron chi connectivity index (χ2n) is 4.55. The lowest BCUT2D eigenvalue weighted by Gasteiger charge is -2.41. The van der Waals surface area contributed by atoms with E-state index in [4.69, 9.17) is 4.74 Å². The molecule has 1 aliphatic heterocycles. The Morgan fingerprint density at radius 3 is 2.75 bits per heavy atom. The van der Waals surface area contributed by atoms with Gasteiger partial charge in [-0.2, -0.15) is 0 Å². The number of fused-ring (bicyclic) bond motifs is 1. The summed E-state index contributed by atoms with van der Waals surface area (Å²) >= 11 is 0. The van der Waals surface area contributed by atoms with Gasteiger partial charge in [0.2, 0.25) is 0 Å². The molecule has 84 valence electrons. The molecule has 1 aromatic heterocycles. The Labute approximate surface area is 94.8 Å². The van der Waals surface area contributed by atoms with Gasteiger partial charge >= 0.3 is 0 Å². The zero-order chi connectivity index (χ0) is 11.0. The standard InChI is InChI=1S/C13H16N2O/c1-16-13(8-14-9-13)7-11-6-10-4-2-3-5-12(10)15-11/h2-6,14-15H,7-9H2,1H3. The van der Waals surface area contributed by atoms with Crippen molar-refractivity contribution in [3.05, 3.63) is 36.0 Å². The molecule has 0 atom stereocenters. The minimum Gasteiger partial charge on any atom is -0.375 e. The van der Waals surface area contributed by atoms with Gasteiger partial charge in [-0.1, -0.05) is 18.2 Å². The number of hydrogen-bond acceptors (Lipinski definition) is 2. The summed E-state index contributed by atoms with van der Waals surface area (Å²) in [5.74, 6) is 0. The predicted octanol–water partition coefficient (Wildman–Crippen LogP) is 1.70. The van der Waals surface area contributed by atoms with Crippen molar-refractivity contribution in [2.24, 2.45) is 0 Å². The van der Waals surface area contributed by atoms with Gasteiger partial charge < -0.3 is 15.0 Å². The van der Waals surface area contributed by atoms with E-state index in [0.29, 0.717) is 0 Å². The van der Waals surface area contributed by atoms with Gasteiger partial charge in [0.25, 0.3) is 0 Å². The number of benzene rings is 1. The van der Waals surface area contributed by atoms with Gasteiger partial charge in [-0.25, -0.2) is 0 Å². The third-order valence-electron chi connectivity index (χ3n) is 3.43. The third-order valence-corrected chi connectivity index (χ3v) is 3.43. The summed E-state index contributed by atoms with van der Waals surface area (Å²) in [7, 11) is 1.80. The van der Waals surface area contributed by atoms with Crippen LogP contribution in [-0.4, -0.2) is 30.8 Å². The summed E-state index contributed by atoms with van der Waals surface area (Å²) in [6.45, 7) is 1.89. The highest BCUT2D eigenvalue weighted by molar-refractivity contribution is 5.80. The molecule has 0 radical (unpaired) electrons. The Kier molecular flexibility index (Phi) is 2.23. The number of ether oxygens (including phenoxy) is 1. The van der Waals surface area contributed by atoms with Gasteiger partial charge in [-0.05, 0) is 17.5 Å². The van der Waals surface area contributed by atoms with E-state index >= 15 is 0 Å². The molecule has 3 nitrogen and oxygen atoms in total. The Morgan fingerprint density at radius 1 is 1.31 bits per heavy atom. The fourth-order valence-electron chi connectivity index (χ4n) is 2.32. The molecule has 1 aromatic carbocycles. The van der Waals surface area contributed by atoms with Crippen LogP contribution in [0.1, 0.15) is 5.69 Å². The molecule has 0 aliphatic carbocycles. The SMILES string of the molecule is COC1(Cc2cc3ccccc3[nH]2)CNC1. The Balaban J connectivity index is 1.89. The lowest BCUT2D eigenvalue weighted by molar-refractivity contribution is -0.0507. The number of hydrogen-bond donors (Lipinski definition) is 2. The van der Waals surface area contributed by atoms with E-state index in [-0.39, 0.29) is 5.60 Å². The highest BCUT2D eigenvalue weighted by Crippen LogP contribution is 2.23. The van der Waals surface area contributed by atoms with Crippen molar-refractivity contribution in [2.45, 2.75) is 12.0 Å². The van der Waals surface area contributed by atoms with Crippen LogP contribution in [0.25, 0.3) is 10.9 Å². The van der Waals surface area contributed by atoms with Crippen LogP contribution in [0.3, 0.4) is 0 Å². The summed E-state index contributed by atoms with van der Waals surface area (Å²) in [6.07, 6.45) is 0.950. The maximum absolute atomic E-state index is 5.59. The van der Waals surface area contributed by atoms with Crippen LogP contribution in [0.2, 0.25) is 0 Å². The number of methoxy groups -OCH3 is 1. The fourth-order valence-corrected chi connectivity index (χ4v) is 2.32. The smallest absolute Gasteiger partial charge is 0.0980 e. The molecule has 1 saturated heterocycles. The molecule has 0 saturated carbocycles. The van der Waals surface area contributed by atoms with Crippen LogP contribution < -0.4 is 5.32 Å². The topological polar surface area (TPSA) is 37.0 Å².